The Morgan fingerprint density at radius 3 is 2.33 bits per heavy atom. The molecule has 1 amide bonds. The number of piperidine rings is 1. The monoisotopic (exact) mass is 374 g/mol. The van der Waals surface area contributed by atoms with Crippen molar-refractivity contribution in [1.29, 1.82) is 0 Å². The van der Waals surface area contributed by atoms with Crippen molar-refractivity contribution in [3.63, 3.8) is 0 Å². The third-order valence-electron chi connectivity index (χ3n) is 5.15. The average Bonchev–Trinajstić information content (AvgIpc) is 2.69. The summed E-state index contributed by atoms with van der Waals surface area (Å²) in [4.78, 5) is 28.1. The lowest BCUT2D eigenvalue weighted by Gasteiger charge is -2.34. The van der Waals surface area contributed by atoms with Gasteiger partial charge in [0, 0.05) is 19.6 Å². The molecule has 1 aromatic rings. The van der Waals surface area contributed by atoms with E-state index in [4.69, 9.17) is 4.74 Å². The highest BCUT2D eigenvalue weighted by molar-refractivity contribution is 5.85. The van der Waals surface area contributed by atoms with Gasteiger partial charge >= 0.3 is 5.97 Å². The lowest BCUT2D eigenvalue weighted by atomic mass is 9.83. The van der Waals surface area contributed by atoms with Gasteiger partial charge in [-0.2, -0.15) is 0 Å². The van der Waals surface area contributed by atoms with E-state index in [1.54, 1.807) is 0 Å². The van der Waals surface area contributed by atoms with Crippen LogP contribution in [-0.2, 0) is 20.9 Å². The van der Waals surface area contributed by atoms with Crippen LogP contribution in [0.15, 0.2) is 30.3 Å². The molecule has 1 aliphatic rings. The standard InChI is InChI=1S/C22H34N2O3/c1-17(2)14-19(21(25)24-12-8-5-9-13-24)20(15-23-3)22(26)27-16-18-10-6-4-7-11-18/h4,6-7,10-11,17,19-20,23H,5,8-9,12-16H2,1-3H3/t19-,20+/m1/s1. The van der Waals surface area contributed by atoms with Crippen molar-refractivity contribution in [3.8, 4) is 0 Å². The molecule has 1 saturated heterocycles. The maximum atomic E-state index is 13.2. The van der Waals surface area contributed by atoms with Gasteiger partial charge in [0.2, 0.25) is 5.91 Å². The highest BCUT2D eigenvalue weighted by Gasteiger charge is 2.37. The molecule has 27 heavy (non-hydrogen) atoms. The molecule has 0 unspecified atom stereocenters. The van der Waals surface area contributed by atoms with Gasteiger partial charge in [-0.1, -0.05) is 44.2 Å². The number of ether oxygens (including phenoxy) is 1. The average molecular weight is 375 g/mol. The number of amides is 1. The predicted molar refractivity (Wildman–Crippen MR) is 107 cm³/mol. The first-order chi connectivity index (χ1) is 13.0. The number of likely N-dealkylation sites (tertiary alicyclic amines) is 1. The molecule has 150 valence electrons. The molecule has 1 N–H and O–H groups in total. The lowest BCUT2D eigenvalue weighted by Crippen LogP contribution is -2.46. The van der Waals surface area contributed by atoms with Crippen LogP contribution < -0.4 is 5.32 Å². The van der Waals surface area contributed by atoms with Crippen molar-refractivity contribution in [1.82, 2.24) is 10.2 Å². The smallest absolute Gasteiger partial charge is 0.311 e. The van der Waals surface area contributed by atoms with Gasteiger partial charge in [0.25, 0.3) is 0 Å². The van der Waals surface area contributed by atoms with Gasteiger partial charge in [0.1, 0.15) is 6.61 Å². The molecule has 0 aliphatic carbocycles. The number of rotatable bonds is 9. The van der Waals surface area contributed by atoms with Crippen molar-refractivity contribution < 1.29 is 14.3 Å². The van der Waals surface area contributed by atoms with Crippen LogP contribution >= 0.6 is 0 Å². The van der Waals surface area contributed by atoms with Gasteiger partial charge in [0.15, 0.2) is 0 Å². The molecule has 1 fully saturated rings. The molecule has 2 atom stereocenters. The van der Waals surface area contributed by atoms with Crippen molar-refractivity contribution in [2.24, 2.45) is 17.8 Å². The zero-order chi connectivity index (χ0) is 19.6. The first-order valence-corrected chi connectivity index (χ1v) is 10.2. The van der Waals surface area contributed by atoms with E-state index < -0.39 is 5.92 Å². The largest absolute Gasteiger partial charge is 0.461 e. The van der Waals surface area contributed by atoms with Crippen LogP contribution in [0.3, 0.4) is 0 Å². The Hall–Kier alpha value is -1.88. The summed E-state index contributed by atoms with van der Waals surface area (Å²) >= 11 is 0. The minimum atomic E-state index is -0.462. The minimum absolute atomic E-state index is 0.111. The van der Waals surface area contributed by atoms with Crippen molar-refractivity contribution in [3.05, 3.63) is 35.9 Å². The topological polar surface area (TPSA) is 58.6 Å². The second kappa shape index (κ2) is 11.1. The number of hydrogen-bond donors (Lipinski definition) is 1. The highest BCUT2D eigenvalue weighted by atomic mass is 16.5. The van der Waals surface area contributed by atoms with Crippen LogP contribution in [0.4, 0.5) is 0 Å². The number of carbonyl (C=O) groups is 2. The van der Waals surface area contributed by atoms with Crippen LogP contribution in [0, 0.1) is 17.8 Å². The van der Waals surface area contributed by atoms with Crippen LogP contribution in [0.1, 0.15) is 45.1 Å². The van der Waals surface area contributed by atoms with Gasteiger partial charge in [0.05, 0.1) is 11.8 Å². The zero-order valence-corrected chi connectivity index (χ0v) is 16.9. The summed E-state index contributed by atoms with van der Waals surface area (Å²) in [5.74, 6) is -0.635. The van der Waals surface area contributed by atoms with E-state index in [2.05, 4.69) is 19.2 Å². The minimum Gasteiger partial charge on any atom is -0.461 e. The maximum absolute atomic E-state index is 13.2. The van der Waals surface area contributed by atoms with Crippen molar-refractivity contribution in [2.45, 2.75) is 46.1 Å². The molecule has 0 bridgehead atoms. The van der Waals surface area contributed by atoms with Crippen LogP contribution in [-0.4, -0.2) is 43.5 Å². The molecule has 0 saturated carbocycles. The van der Waals surface area contributed by atoms with Gasteiger partial charge in [-0.25, -0.2) is 0 Å². The molecule has 5 nitrogen and oxygen atoms in total. The number of benzene rings is 1. The van der Waals surface area contributed by atoms with Crippen LogP contribution in [0.2, 0.25) is 0 Å². The summed E-state index contributed by atoms with van der Waals surface area (Å²) in [5.41, 5.74) is 0.955. The first-order valence-electron chi connectivity index (χ1n) is 10.2. The number of hydrogen-bond acceptors (Lipinski definition) is 4. The normalized spacial score (nSPS) is 16.8. The summed E-state index contributed by atoms with van der Waals surface area (Å²) in [6.07, 6.45) is 3.98. The Labute approximate surface area is 163 Å². The molecule has 1 heterocycles. The molecule has 0 radical (unpaired) electrons. The van der Waals surface area contributed by atoms with E-state index in [9.17, 15) is 9.59 Å². The van der Waals surface area contributed by atoms with Crippen LogP contribution in [0.5, 0.6) is 0 Å². The third-order valence-corrected chi connectivity index (χ3v) is 5.15. The van der Waals surface area contributed by atoms with Crippen molar-refractivity contribution >= 4 is 11.9 Å². The Morgan fingerprint density at radius 2 is 1.74 bits per heavy atom. The Balaban J connectivity index is 2.10. The fraction of sp³-hybridized carbons (Fsp3) is 0.636. The quantitative estimate of drug-likeness (QED) is 0.674. The van der Waals surface area contributed by atoms with Gasteiger partial charge in [-0.05, 0) is 44.2 Å². The molecule has 2 rings (SSSR count). The summed E-state index contributed by atoms with van der Waals surface area (Å²) in [6, 6.07) is 9.66. The lowest BCUT2D eigenvalue weighted by molar-refractivity contribution is -0.157. The number of esters is 1. The van der Waals surface area contributed by atoms with E-state index >= 15 is 0 Å². The third kappa shape index (κ3) is 6.65. The van der Waals surface area contributed by atoms with E-state index in [0.717, 1.165) is 31.5 Å². The molecule has 0 aromatic heterocycles. The van der Waals surface area contributed by atoms with E-state index in [0.29, 0.717) is 18.9 Å². The molecule has 5 heteroatoms. The number of nitrogens with one attached hydrogen (secondary N) is 1. The fourth-order valence-electron chi connectivity index (χ4n) is 3.74. The SMILES string of the molecule is CNC[C@H](C(=O)OCc1ccccc1)[C@@H](CC(C)C)C(=O)N1CCCCC1. The predicted octanol–water partition coefficient (Wildman–Crippen LogP) is 3.24. The summed E-state index contributed by atoms with van der Waals surface area (Å²) in [5, 5.41) is 3.09. The fourth-order valence-corrected chi connectivity index (χ4v) is 3.74. The summed E-state index contributed by atoms with van der Waals surface area (Å²) in [7, 11) is 1.81. The number of nitrogens with zero attached hydrogens (tertiary/aromatic N) is 1. The van der Waals surface area contributed by atoms with E-state index in [1.165, 1.54) is 6.42 Å². The maximum Gasteiger partial charge on any atom is 0.311 e. The molecule has 1 aromatic carbocycles. The van der Waals surface area contributed by atoms with Crippen LogP contribution in [0.25, 0.3) is 0 Å². The Kier molecular flexibility index (Phi) is 8.79. The van der Waals surface area contributed by atoms with Crippen molar-refractivity contribution in [2.75, 3.05) is 26.7 Å². The Morgan fingerprint density at radius 1 is 1.07 bits per heavy atom. The van der Waals surface area contributed by atoms with E-state index in [-0.39, 0.29) is 24.4 Å². The zero-order valence-electron chi connectivity index (χ0n) is 16.9. The number of carbonyl (C=O) groups excluding carboxylic acids is 2. The van der Waals surface area contributed by atoms with Gasteiger partial charge in [-0.15, -0.1) is 0 Å². The molecular weight excluding hydrogens is 340 g/mol. The second-order valence-electron chi connectivity index (χ2n) is 7.88. The van der Waals surface area contributed by atoms with Gasteiger partial charge in [-0.3, -0.25) is 9.59 Å². The van der Waals surface area contributed by atoms with Gasteiger partial charge < -0.3 is 15.0 Å². The summed E-state index contributed by atoms with van der Waals surface area (Å²) in [6.45, 7) is 6.50. The second-order valence-corrected chi connectivity index (χ2v) is 7.88. The summed E-state index contributed by atoms with van der Waals surface area (Å²) < 4.78 is 5.59. The molecular formula is C22H34N2O3. The molecule has 1 aliphatic heterocycles. The molecule has 0 spiro atoms. The first kappa shape index (κ1) is 21.4. The highest BCUT2D eigenvalue weighted by Crippen LogP contribution is 2.26. The Bertz CT molecular complexity index is 582. The van der Waals surface area contributed by atoms with E-state index in [1.807, 2.05) is 42.3 Å².